The molecule has 8 nitrogen and oxygen atoms in total. The van der Waals surface area contributed by atoms with Crippen molar-refractivity contribution in [2.75, 3.05) is 29.6 Å². The molecular weight excluding hydrogens is 449 g/mol. The van der Waals surface area contributed by atoms with Gasteiger partial charge in [0.2, 0.25) is 0 Å². The largest absolute Gasteiger partial charge is 0.412 e. The molecule has 1 aromatic rings. The normalized spacial score (nSPS) is 17.2. The second kappa shape index (κ2) is 9.33. The number of dihydropyridines is 1. The van der Waals surface area contributed by atoms with Crippen molar-refractivity contribution in [1.82, 2.24) is 5.32 Å². The van der Waals surface area contributed by atoms with Gasteiger partial charge < -0.3 is 21.5 Å². The van der Waals surface area contributed by atoms with Crippen LogP contribution in [-0.4, -0.2) is 56.4 Å². The summed E-state index contributed by atoms with van der Waals surface area (Å²) in [6.07, 6.45) is 1.04. The van der Waals surface area contributed by atoms with Gasteiger partial charge in [-0.3, -0.25) is 9.79 Å². The van der Waals surface area contributed by atoms with Crippen LogP contribution in [0.4, 0.5) is 24.5 Å². The van der Waals surface area contributed by atoms with Crippen molar-refractivity contribution in [1.29, 1.82) is 0 Å². The van der Waals surface area contributed by atoms with Gasteiger partial charge >= 0.3 is 6.18 Å². The Morgan fingerprint density at radius 3 is 2.56 bits per heavy atom. The third kappa shape index (κ3) is 7.09. The third-order valence-corrected chi connectivity index (χ3v) is 5.35. The maximum atomic E-state index is 13.0. The van der Waals surface area contributed by atoms with Gasteiger partial charge in [0.25, 0.3) is 5.91 Å². The number of aliphatic hydroxyl groups is 1. The Morgan fingerprint density at radius 1 is 1.34 bits per heavy atom. The first-order chi connectivity index (χ1) is 14.6. The highest BCUT2D eigenvalue weighted by Crippen LogP contribution is 2.32. The smallest absolute Gasteiger partial charge is 0.398 e. The fraction of sp³-hybridized carbons (Fsp3) is 0.400. The Morgan fingerprint density at radius 2 is 2.00 bits per heavy atom. The molecule has 1 aliphatic heterocycles. The first-order valence-corrected chi connectivity index (χ1v) is 11.5. The second-order valence-corrected chi connectivity index (χ2v) is 10.1. The number of carbonyl (C=O) groups is 1. The predicted octanol–water partition coefficient (Wildman–Crippen LogP) is 1.87. The van der Waals surface area contributed by atoms with Gasteiger partial charge in [-0.2, -0.15) is 13.2 Å². The Labute approximate surface area is 184 Å². The minimum absolute atomic E-state index is 0.00478. The molecule has 0 aliphatic carbocycles. The molecule has 176 valence electrons. The number of rotatable bonds is 7. The van der Waals surface area contributed by atoms with Gasteiger partial charge in [-0.05, 0) is 32.1 Å². The number of halogens is 3. The van der Waals surface area contributed by atoms with E-state index < -0.39 is 33.6 Å². The van der Waals surface area contributed by atoms with Gasteiger partial charge in [0.1, 0.15) is 21.6 Å². The van der Waals surface area contributed by atoms with E-state index in [4.69, 9.17) is 5.73 Å². The highest BCUT2D eigenvalue weighted by atomic mass is 32.2. The molecule has 32 heavy (non-hydrogen) atoms. The Kier molecular flexibility index (Phi) is 7.40. The number of nitrogens with zero attached hydrogens (tertiary/aromatic N) is 1. The topological polar surface area (TPSA) is 134 Å². The Hall–Kier alpha value is -2.86. The number of sulfone groups is 1. The van der Waals surface area contributed by atoms with Gasteiger partial charge in [-0.15, -0.1) is 0 Å². The first-order valence-electron chi connectivity index (χ1n) is 9.45. The van der Waals surface area contributed by atoms with Crippen molar-refractivity contribution in [2.24, 2.45) is 4.99 Å². The van der Waals surface area contributed by atoms with Crippen molar-refractivity contribution < 1.29 is 31.5 Å². The van der Waals surface area contributed by atoms with Gasteiger partial charge in [-0.25, -0.2) is 8.42 Å². The summed E-state index contributed by atoms with van der Waals surface area (Å²) in [7, 11) is -3.20. The minimum Gasteiger partial charge on any atom is -0.398 e. The number of hydrogen-bond acceptors (Lipinski definition) is 7. The number of nitrogen functional groups attached to an aromatic ring is 1. The summed E-state index contributed by atoms with van der Waals surface area (Å²) in [5, 5.41) is 15.1. The molecule has 0 aromatic heterocycles. The minimum atomic E-state index is -4.58. The molecule has 1 aliphatic rings. The van der Waals surface area contributed by atoms with E-state index in [9.17, 15) is 31.5 Å². The molecule has 0 spiro atoms. The highest BCUT2D eigenvalue weighted by Gasteiger charge is 2.39. The summed E-state index contributed by atoms with van der Waals surface area (Å²) in [6, 6.07) is 0.811. The molecule has 0 radical (unpaired) electrons. The number of alkyl halides is 3. The van der Waals surface area contributed by atoms with E-state index >= 15 is 0 Å². The zero-order valence-electron chi connectivity index (χ0n) is 17.7. The first kappa shape index (κ1) is 25.4. The van der Waals surface area contributed by atoms with Crippen LogP contribution in [0.5, 0.6) is 0 Å². The molecule has 1 unspecified atom stereocenters. The van der Waals surface area contributed by atoms with Crippen molar-refractivity contribution >= 4 is 33.3 Å². The molecule has 1 heterocycles. The van der Waals surface area contributed by atoms with E-state index in [1.807, 2.05) is 0 Å². The van der Waals surface area contributed by atoms with Crippen molar-refractivity contribution in [3.8, 4) is 0 Å². The maximum absolute atomic E-state index is 13.0. The molecule has 5 N–H and O–H groups in total. The average Bonchev–Trinajstić information content (AvgIpc) is 2.65. The van der Waals surface area contributed by atoms with E-state index in [0.717, 1.165) is 18.4 Å². The van der Waals surface area contributed by atoms with Crippen LogP contribution in [0.15, 0.2) is 41.1 Å². The van der Waals surface area contributed by atoms with Crippen LogP contribution < -0.4 is 16.4 Å². The summed E-state index contributed by atoms with van der Waals surface area (Å²) in [4.78, 5) is 16.6. The number of amides is 1. The Bertz CT molecular complexity index is 1070. The molecule has 0 saturated carbocycles. The molecule has 2 rings (SSSR count). The zero-order chi connectivity index (χ0) is 24.3. The van der Waals surface area contributed by atoms with Crippen molar-refractivity contribution in [3.63, 3.8) is 0 Å². The molecule has 0 bridgehead atoms. The van der Waals surface area contributed by atoms with Gasteiger partial charge in [0.05, 0.1) is 17.9 Å². The van der Waals surface area contributed by atoms with Gasteiger partial charge in [0, 0.05) is 35.0 Å². The third-order valence-electron chi connectivity index (χ3n) is 4.43. The van der Waals surface area contributed by atoms with Crippen LogP contribution in [0.25, 0.3) is 0 Å². The number of hydrogen-bond donors (Lipinski definition) is 4. The van der Waals surface area contributed by atoms with Crippen LogP contribution in [0.1, 0.15) is 25.0 Å². The number of aliphatic imine (C=N–C) groups is 1. The van der Waals surface area contributed by atoms with Crippen LogP contribution in [0.2, 0.25) is 0 Å². The lowest BCUT2D eigenvalue weighted by atomic mass is 9.94. The average molecular weight is 475 g/mol. The van der Waals surface area contributed by atoms with E-state index in [0.29, 0.717) is 5.56 Å². The molecule has 12 heteroatoms. The quantitative estimate of drug-likeness (QED) is 0.352. The van der Waals surface area contributed by atoms with E-state index in [2.05, 4.69) is 15.6 Å². The predicted molar refractivity (Wildman–Crippen MR) is 117 cm³/mol. The number of nitrogens with one attached hydrogen (secondary N) is 2. The number of carbonyl (C=O) groups excluding carboxylic acids is 1. The van der Waals surface area contributed by atoms with Crippen LogP contribution in [-0.2, 0) is 20.2 Å². The Balaban J connectivity index is 2.32. The number of nitrogens with two attached hydrogens (primary N) is 1. The summed E-state index contributed by atoms with van der Waals surface area (Å²) in [6.45, 7) is 2.91. The summed E-state index contributed by atoms with van der Waals surface area (Å²) >= 11 is 0. The molecule has 1 aromatic carbocycles. The zero-order valence-corrected chi connectivity index (χ0v) is 18.5. The number of allylic oxidation sites excluding steroid dienone is 2. The fourth-order valence-electron chi connectivity index (χ4n) is 2.78. The second-order valence-electron chi connectivity index (χ2n) is 7.83. The molecule has 0 fully saturated rings. The lowest BCUT2D eigenvalue weighted by Crippen LogP contribution is -2.44. The standard InChI is InChI=1S/C20H25F3N4O4S/c1-19(2,29)13-10-14(24)12(11-25-7-8-32(3,30)31)9-16(13)27-18(28)15-5-4-6-17(26-15)20(21,22)23/h4-6,9-11,17,26,29H,7-8,24H2,1-3H3,(H,27,28). The number of anilines is 2. The van der Waals surface area contributed by atoms with Crippen molar-refractivity contribution in [3.05, 3.63) is 47.2 Å². The van der Waals surface area contributed by atoms with E-state index in [1.165, 1.54) is 38.3 Å². The summed E-state index contributed by atoms with van der Waals surface area (Å²) in [5.74, 6) is -1.01. The lowest BCUT2D eigenvalue weighted by Gasteiger charge is -2.26. The SMILES string of the molecule is CC(C)(O)c1cc(N)c(C=NCCS(C)(=O)=O)cc1NC(=O)C1=CC=CC(C(F)(F)F)N1. The fourth-order valence-corrected chi connectivity index (χ4v) is 3.22. The highest BCUT2D eigenvalue weighted by molar-refractivity contribution is 7.90. The van der Waals surface area contributed by atoms with Crippen molar-refractivity contribution in [2.45, 2.75) is 31.7 Å². The van der Waals surface area contributed by atoms with Crippen LogP contribution in [0, 0.1) is 0 Å². The molecular formula is C20H25F3N4O4S. The molecule has 1 amide bonds. The van der Waals surface area contributed by atoms with E-state index in [-0.39, 0.29) is 34.9 Å². The van der Waals surface area contributed by atoms with E-state index in [1.54, 1.807) is 0 Å². The molecule has 1 atom stereocenters. The summed E-state index contributed by atoms with van der Waals surface area (Å²) < 4.78 is 61.3. The van der Waals surface area contributed by atoms with Gasteiger partial charge in [0.15, 0.2) is 0 Å². The number of benzene rings is 1. The lowest BCUT2D eigenvalue weighted by molar-refractivity contribution is -0.143. The van der Waals surface area contributed by atoms with Gasteiger partial charge in [-0.1, -0.05) is 12.2 Å². The van der Waals surface area contributed by atoms with Crippen LogP contribution in [0.3, 0.4) is 0 Å². The maximum Gasteiger partial charge on any atom is 0.412 e. The summed E-state index contributed by atoms with van der Waals surface area (Å²) in [5.41, 5.74) is 5.14. The monoisotopic (exact) mass is 474 g/mol. The molecule has 0 saturated heterocycles. The van der Waals surface area contributed by atoms with Crippen LogP contribution >= 0.6 is 0 Å².